The molecule has 0 radical (unpaired) electrons. The third kappa shape index (κ3) is 10.5. The van der Waals surface area contributed by atoms with Gasteiger partial charge in [-0.05, 0) is 110 Å². The Balaban J connectivity index is 1.40. The fourth-order valence-electron chi connectivity index (χ4n) is 10.0. The summed E-state index contributed by atoms with van der Waals surface area (Å²) in [6.07, 6.45) is 10.7. The molecule has 7 atom stereocenters. The second kappa shape index (κ2) is 22.4. The zero-order valence-electron chi connectivity index (χ0n) is 36.9. The maximum Gasteiger partial charge on any atom is 0.412 e. The molecule has 7 rings (SSSR count). The standard InChI is InChI=1S/C51H62N4O9/c1-3-25-55(49(58)37-21-19-35(33-52)20-22-37)45-32-43(54-64-46-18-10-13-29-60-46)41-30-38(16-8-11-26-56)40(17-9-12-27-57)47-42-31-39(62-50(59)53-34-36-14-6-5-7-15-36)23-24-44(42)63-51(45,48(41)47)61-28-4-2/h4-7,14-15,19-24,30-31,38,40,45-48,56-57H,2-3,8-13,16-18,25-29,32,34H2,1H3,(H,53,59)/t38-,40+,45-,46?,47+,48+,51+/m0/s1. The van der Waals surface area contributed by atoms with E-state index in [4.69, 9.17) is 28.9 Å². The van der Waals surface area contributed by atoms with E-state index in [2.05, 4.69) is 24.0 Å². The molecule has 3 aromatic rings. The van der Waals surface area contributed by atoms with Crippen molar-refractivity contribution in [1.82, 2.24) is 10.2 Å². The summed E-state index contributed by atoms with van der Waals surface area (Å²) in [5.41, 5.74) is 4.21. The van der Waals surface area contributed by atoms with Gasteiger partial charge in [-0.15, -0.1) is 6.58 Å². The zero-order chi connectivity index (χ0) is 44.9. The molecule has 1 saturated carbocycles. The SMILES string of the molecule is C=CCO[C@@]12Oc3ccc(OC(=O)NCc4ccccc4)cc3[C@H]3[C@H](CCCCO)[C@@H](CCCCO)C=C(C(=NOC4CCCCO4)C[C@@H]1N(CCC)C(=O)c1ccc(C#N)cc1)[C@H]32. The topological polar surface area (TPSA) is 172 Å². The van der Waals surface area contributed by atoms with Gasteiger partial charge in [-0.3, -0.25) is 4.79 Å². The Bertz CT molecular complexity index is 2150. The number of oxime groups is 1. The van der Waals surface area contributed by atoms with Crippen LogP contribution in [-0.4, -0.2) is 83.9 Å². The summed E-state index contributed by atoms with van der Waals surface area (Å²) in [5.74, 6) is -1.67. The van der Waals surface area contributed by atoms with Crippen molar-refractivity contribution in [2.24, 2.45) is 22.9 Å². The smallest absolute Gasteiger partial charge is 0.412 e. The minimum atomic E-state index is -1.46. The van der Waals surface area contributed by atoms with E-state index >= 15 is 0 Å². The Morgan fingerprint density at radius 2 is 1.81 bits per heavy atom. The largest absolute Gasteiger partial charge is 0.459 e. The number of nitriles is 1. The first-order valence-electron chi connectivity index (χ1n) is 23.0. The Morgan fingerprint density at radius 3 is 2.52 bits per heavy atom. The van der Waals surface area contributed by atoms with Crippen molar-refractivity contribution in [1.29, 1.82) is 5.26 Å². The van der Waals surface area contributed by atoms with Gasteiger partial charge in [-0.25, -0.2) is 4.79 Å². The number of allylic oxidation sites excluding steroid dienone is 1. The number of nitrogens with zero attached hydrogens (tertiary/aromatic N) is 3. The lowest BCUT2D eigenvalue weighted by atomic mass is 9.55. The van der Waals surface area contributed by atoms with E-state index in [1.54, 1.807) is 36.4 Å². The number of hydrogen-bond acceptors (Lipinski definition) is 11. The molecule has 0 bridgehead atoms. The highest BCUT2D eigenvalue weighted by atomic mass is 16.8. The van der Waals surface area contributed by atoms with E-state index in [1.165, 1.54) is 0 Å². The molecule has 3 N–H and O–H groups in total. The zero-order valence-corrected chi connectivity index (χ0v) is 36.9. The molecular weight excluding hydrogens is 813 g/mol. The van der Waals surface area contributed by atoms with Gasteiger partial charge in [0.2, 0.25) is 12.1 Å². The molecule has 64 heavy (non-hydrogen) atoms. The molecule has 0 spiro atoms. The van der Waals surface area contributed by atoms with Gasteiger partial charge in [0, 0.05) is 56.2 Å². The van der Waals surface area contributed by atoms with Gasteiger partial charge in [0.1, 0.15) is 17.5 Å². The minimum absolute atomic E-state index is 0.0167. The number of aliphatic hydroxyl groups excluding tert-OH is 2. The van der Waals surface area contributed by atoms with Crippen LogP contribution in [0.15, 0.2) is 102 Å². The van der Waals surface area contributed by atoms with Crippen molar-refractivity contribution >= 4 is 17.7 Å². The molecule has 1 saturated heterocycles. The lowest BCUT2D eigenvalue weighted by Crippen LogP contribution is -2.70. The van der Waals surface area contributed by atoms with Crippen molar-refractivity contribution in [2.75, 3.05) is 33.0 Å². The fourth-order valence-corrected chi connectivity index (χ4v) is 10.0. The number of ether oxygens (including phenoxy) is 4. The van der Waals surface area contributed by atoms with Gasteiger partial charge < -0.3 is 44.2 Å². The third-order valence-corrected chi connectivity index (χ3v) is 12.9. The number of benzene rings is 3. The molecular formula is C51H62N4O9. The van der Waals surface area contributed by atoms with Crippen LogP contribution in [0.25, 0.3) is 0 Å². The van der Waals surface area contributed by atoms with Crippen molar-refractivity contribution in [3.05, 3.63) is 119 Å². The molecule has 13 nitrogen and oxygen atoms in total. The Hall–Kier alpha value is -5.52. The third-order valence-electron chi connectivity index (χ3n) is 12.9. The van der Waals surface area contributed by atoms with Crippen LogP contribution < -0.4 is 14.8 Å². The van der Waals surface area contributed by atoms with Gasteiger partial charge in [-0.2, -0.15) is 5.26 Å². The van der Waals surface area contributed by atoms with Crippen molar-refractivity contribution in [2.45, 2.75) is 108 Å². The second-order valence-electron chi connectivity index (χ2n) is 17.1. The van der Waals surface area contributed by atoms with Crippen molar-refractivity contribution in [3.63, 3.8) is 0 Å². The van der Waals surface area contributed by atoms with Crippen LogP contribution in [0.1, 0.15) is 111 Å². The number of rotatable bonds is 20. The molecule has 13 heteroatoms. The highest BCUT2D eigenvalue weighted by Crippen LogP contribution is 2.62. The van der Waals surface area contributed by atoms with Crippen LogP contribution in [-0.2, 0) is 20.9 Å². The molecule has 4 aliphatic rings. The molecule has 2 amide bonds. The lowest BCUT2D eigenvalue weighted by Gasteiger charge is -2.60. The van der Waals surface area contributed by atoms with Gasteiger partial charge in [0.05, 0.1) is 36.5 Å². The summed E-state index contributed by atoms with van der Waals surface area (Å²) in [6, 6.07) is 23.1. The Labute approximate surface area is 376 Å². The molecule has 340 valence electrons. The molecule has 0 aromatic heterocycles. The molecule has 2 aliphatic heterocycles. The van der Waals surface area contributed by atoms with E-state index in [9.17, 15) is 25.1 Å². The number of unbranched alkanes of at least 4 members (excludes halogenated alkanes) is 2. The molecule has 1 unspecified atom stereocenters. The van der Waals surface area contributed by atoms with Crippen LogP contribution in [0.2, 0.25) is 0 Å². The van der Waals surface area contributed by atoms with Crippen molar-refractivity contribution in [3.8, 4) is 17.6 Å². The Morgan fingerprint density at radius 1 is 1.03 bits per heavy atom. The summed E-state index contributed by atoms with van der Waals surface area (Å²) in [4.78, 5) is 36.4. The van der Waals surface area contributed by atoms with Gasteiger partial charge in [-0.1, -0.05) is 67.4 Å². The number of carbonyl (C=O) groups excluding carboxylic acids is 2. The van der Waals surface area contributed by atoms with E-state index in [0.29, 0.717) is 73.7 Å². The second-order valence-corrected chi connectivity index (χ2v) is 17.1. The monoisotopic (exact) mass is 874 g/mol. The molecule has 2 aliphatic carbocycles. The summed E-state index contributed by atoms with van der Waals surface area (Å²) < 4.78 is 26.4. The van der Waals surface area contributed by atoms with Crippen LogP contribution in [0, 0.1) is 29.1 Å². The quantitative estimate of drug-likeness (QED) is 0.0568. The number of hydrogen-bond donors (Lipinski definition) is 3. The number of amides is 2. The lowest BCUT2D eigenvalue weighted by molar-refractivity contribution is -0.254. The van der Waals surface area contributed by atoms with Gasteiger partial charge >= 0.3 is 6.09 Å². The molecule has 2 heterocycles. The summed E-state index contributed by atoms with van der Waals surface area (Å²) in [6.45, 7) is 7.55. The predicted octanol–water partition coefficient (Wildman–Crippen LogP) is 8.56. The summed E-state index contributed by atoms with van der Waals surface area (Å²) >= 11 is 0. The number of carbonyl (C=O) groups is 2. The maximum atomic E-state index is 15.0. The predicted molar refractivity (Wildman–Crippen MR) is 241 cm³/mol. The first kappa shape index (κ1) is 46.5. The normalized spacial score (nSPS) is 25.1. The number of nitrogens with one attached hydrogen (secondary N) is 1. The average molecular weight is 875 g/mol. The van der Waals surface area contributed by atoms with E-state index in [-0.39, 0.29) is 49.9 Å². The number of aliphatic hydroxyl groups is 2. The number of fused-ring (bicyclic) bond motifs is 2. The fraction of sp³-hybridized carbons (Fsp3) is 0.490. The van der Waals surface area contributed by atoms with Gasteiger partial charge in [0.25, 0.3) is 5.91 Å². The van der Waals surface area contributed by atoms with Crippen LogP contribution in [0.4, 0.5) is 4.79 Å². The molecule has 3 aromatic carbocycles. The highest BCUT2D eigenvalue weighted by Gasteiger charge is 2.65. The first-order valence-corrected chi connectivity index (χ1v) is 23.0. The average Bonchev–Trinajstić information content (AvgIpc) is 3.33. The van der Waals surface area contributed by atoms with Crippen LogP contribution in [0.3, 0.4) is 0 Å². The first-order chi connectivity index (χ1) is 31.3. The van der Waals surface area contributed by atoms with Gasteiger partial charge in [0.15, 0.2) is 0 Å². The minimum Gasteiger partial charge on any atom is -0.459 e. The summed E-state index contributed by atoms with van der Waals surface area (Å²) in [5, 5.41) is 37.3. The van der Waals surface area contributed by atoms with E-state index in [1.807, 2.05) is 54.3 Å². The van der Waals surface area contributed by atoms with Crippen molar-refractivity contribution < 1.29 is 43.6 Å². The van der Waals surface area contributed by atoms with E-state index in [0.717, 1.165) is 55.2 Å². The van der Waals surface area contributed by atoms with E-state index < -0.39 is 30.1 Å². The van der Waals surface area contributed by atoms with Crippen LogP contribution in [0.5, 0.6) is 11.5 Å². The Kier molecular flexibility index (Phi) is 16.3. The summed E-state index contributed by atoms with van der Waals surface area (Å²) in [7, 11) is 0. The van der Waals surface area contributed by atoms with Crippen LogP contribution >= 0.6 is 0 Å². The molecule has 2 fully saturated rings. The highest BCUT2D eigenvalue weighted by molar-refractivity contribution is 6.03. The maximum absolute atomic E-state index is 15.0.